The molecule has 1 atom stereocenters. The number of rotatable bonds is 3. The zero-order valence-corrected chi connectivity index (χ0v) is 14.7. The van der Waals surface area contributed by atoms with E-state index >= 15 is 0 Å². The van der Waals surface area contributed by atoms with Gasteiger partial charge in [-0.15, -0.1) is 0 Å². The van der Waals surface area contributed by atoms with E-state index in [-0.39, 0.29) is 11.9 Å². The lowest BCUT2D eigenvalue weighted by atomic mass is 9.94. The number of ketones is 1. The summed E-state index contributed by atoms with van der Waals surface area (Å²) in [6, 6.07) is 7.42. The number of amides is 1. The number of carbonyl (C=O) groups excluding carboxylic acids is 2. The van der Waals surface area contributed by atoms with E-state index in [4.69, 9.17) is 11.6 Å². The molecule has 1 unspecified atom stereocenters. The number of anilines is 1. The molecule has 7 heteroatoms. The lowest BCUT2D eigenvalue weighted by Crippen LogP contribution is -2.37. The molecule has 0 bridgehead atoms. The predicted molar refractivity (Wildman–Crippen MR) is 97.4 cm³/mol. The van der Waals surface area contributed by atoms with Gasteiger partial charge in [0.2, 0.25) is 5.95 Å². The van der Waals surface area contributed by atoms with E-state index in [2.05, 4.69) is 20.3 Å². The molecule has 1 N–H and O–H groups in total. The molecule has 0 saturated heterocycles. The molecule has 1 aromatic carbocycles. The van der Waals surface area contributed by atoms with Crippen LogP contribution in [0.15, 0.2) is 35.5 Å². The maximum Gasteiger partial charge on any atom is 0.259 e. The van der Waals surface area contributed by atoms with Gasteiger partial charge in [0, 0.05) is 35.3 Å². The van der Waals surface area contributed by atoms with Crippen molar-refractivity contribution in [2.24, 2.45) is 4.99 Å². The number of hydrogen-bond donors (Lipinski definition) is 1. The van der Waals surface area contributed by atoms with Crippen molar-refractivity contribution in [1.29, 1.82) is 0 Å². The quantitative estimate of drug-likeness (QED) is 0.892. The molecule has 2 heterocycles. The molecule has 1 fully saturated rings. The smallest absolute Gasteiger partial charge is 0.259 e. The predicted octanol–water partition coefficient (Wildman–Crippen LogP) is 1.78. The van der Waals surface area contributed by atoms with Crippen LogP contribution in [0.2, 0.25) is 5.02 Å². The van der Waals surface area contributed by atoms with Crippen LogP contribution in [0.4, 0.5) is 5.95 Å². The number of hydrogen-bond acceptors (Lipinski definition) is 5. The highest BCUT2D eigenvalue weighted by Crippen LogP contribution is 2.27. The average Bonchev–Trinajstić information content (AvgIpc) is 2.64. The number of carbonyl (C=O) groups is 2. The van der Waals surface area contributed by atoms with Crippen molar-refractivity contribution in [2.75, 3.05) is 5.32 Å². The van der Waals surface area contributed by atoms with Crippen LogP contribution in [0.1, 0.15) is 37.2 Å². The van der Waals surface area contributed by atoms with Gasteiger partial charge in [0.05, 0.1) is 5.92 Å². The lowest BCUT2D eigenvalue weighted by Gasteiger charge is -2.22. The maximum atomic E-state index is 12.5. The minimum atomic E-state index is -0.525. The van der Waals surface area contributed by atoms with E-state index in [1.807, 2.05) is 18.2 Å². The van der Waals surface area contributed by atoms with Crippen LogP contribution in [0.3, 0.4) is 0 Å². The summed E-state index contributed by atoms with van der Waals surface area (Å²) >= 11 is 6.21. The van der Waals surface area contributed by atoms with E-state index in [1.165, 1.54) is 0 Å². The van der Waals surface area contributed by atoms with Gasteiger partial charge in [-0.3, -0.25) is 9.59 Å². The van der Waals surface area contributed by atoms with Crippen molar-refractivity contribution >= 4 is 35.3 Å². The standard InChI is InChI=1S/C19H17ClN4O2/c20-16-4-2-1-3-14(16)15-9-11-10-21-19(24-17(11)23-18(15)26)22-12-5-7-13(25)8-6-12/h1-4,9-10,12,15H,5-8H2,(H,22,23,24,26). The monoisotopic (exact) mass is 368 g/mol. The number of benzene rings is 1. The summed E-state index contributed by atoms with van der Waals surface area (Å²) < 4.78 is 0. The Morgan fingerprint density at radius 3 is 2.65 bits per heavy atom. The molecule has 132 valence electrons. The normalized spacial score (nSPS) is 20.1. The molecule has 0 radical (unpaired) electrons. The zero-order chi connectivity index (χ0) is 18.1. The van der Waals surface area contributed by atoms with E-state index in [9.17, 15) is 9.59 Å². The molecular formula is C19H17ClN4O2. The Labute approximate surface area is 155 Å². The van der Waals surface area contributed by atoms with E-state index in [0.29, 0.717) is 40.3 Å². The number of fused-ring (bicyclic) bond motifs is 1. The molecule has 1 aliphatic carbocycles. The highest BCUT2D eigenvalue weighted by molar-refractivity contribution is 6.31. The first-order valence-corrected chi connectivity index (χ1v) is 8.98. The summed E-state index contributed by atoms with van der Waals surface area (Å²) in [7, 11) is 0. The largest absolute Gasteiger partial charge is 0.351 e. The molecule has 2 aromatic rings. The van der Waals surface area contributed by atoms with Crippen LogP contribution < -0.4 is 16.0 Å². The average molecular weight is 369 g/mol. The van der Waals surface area contributed by atoms with Crippen LogP contribution in [-0.2, 0) is 9.59 Å². The van der Waals surface area contributed by atoms with Crippen molar-refractivity contribution < 1.29 is 9.59 Å². The summed E-state index contributed by atoms with van der Waals surface area (Å²) in [5.74, 6) is -0.0825. The molecule has 2 aliphatic rings. The van der Waals surface area contributed by atoms with Gasteiger partial charge < -0.3 is 5.32 Å². The van der Waals surface area contributed by atoms with E-state index in [1.54, 1.807) is 18.3 Å². The Morgan fingerprint density at radius 1 is 1.12 bits per heavy atom. The first-order valence-electron chi connectivity index (χ1n) is 8.60. The molecule has 6 nitrogen and oxygen atoms in total. The lowest BCUT2D eigenvalue weighted by molar-refractivity contribution is -0.120. The minimum absolute atomic E-state index is 0.171. The summed E-state index contributed by atoms with van der Waals surface area (Å²) in [4.78, 5) is 36.7. The molecule has 1 amide bonds. The van der Waals surface area contributed by atoms with Gasteiger partial charge >= 0.3 is 0 Å². The second-order valence-corrected chi connectivity index (χ2v) is 6.95. The van der Waals surface area contributed by atoms with E-state index < -0.39 is 5.92 Å². The Bertz CT molecular complexity index is 995. The van der Waals surface area contributed by atoms with Gasteiger partial charge in [0.1, 0.15) is 5.78 Å². The number of aromatic nitrogens is 2. The van der Waals surface area contributed by atoms with Crippen LogP contribution in [0.25, 0.3) is 6.08 Å². The second-order valence-electron chi connectivity index (χ2n) is 6.55. The molecule has 1 aliphatic heterocycles. The number of Topliss-reactive ketones (excluding diaryl/α,β-unsaturated/α-hetero) is 1. The molecule has 1 aromatic heterocycles. The molecule has 0 spiro atoms. The fourth-order valence-corrected chi connectivity index (χ4v) is 3.55. The van der Waals surface area contributed by atoms with Gasteiger partial charge in [-0.05, 0) is 24.5 Å². The zero-order valence-electron chi connectivity index (χ0n) is 14.0. The number of nitrogens with zero attached hydrogens (tertiary/aromatic N) is 3. The third-order valence-electron chi connectivity index (χ3n) is 4.74. The Balaban J connectivity index is 1.61. The fraction of sp³-hybridized carbons (Fsp3) is 0.316. The van der Waals surface area contributed by atoms with Gasteiger partial charge in [-0.1, -0.05) is 35.9 Å². The summed E-state index contributed by atoms with van der Waals surface area (Å²) in [6.45, 7) is 0. The van der Waals surface area contributed by atoms with Gasteiger partial charge in [-0.25, -0.2) is 4.98 Å². The van der Waals surface area contributed by atoms with Crippen LogP contribution in [0, 0.1) is 0 Å². The molecule has 4 rings (SSSR count). The highest BCUT2D eigenvalue weighted by atomic mass is 35.5. The minimum Gasteiger partial charge on any atom is -0.351 e. The summed E-state index contributed by atoms with van der Waals surface area (Å²) in [5, 5.41) is 4.48. The van der Waals surface area contributed by atoms with Crippen LogP contribution in [0.5, 0.6) is 0 Å². The van der Waals surface area contributed by atoms with Gasteiger partial charge in [0.25, 0.3) is 5.91 Å². The van der Waals surface area contributed by atoms with Crippen molar-refractivity contribution in [3.63, 3.8) is 0 Å². The Hall–Kier alpha value is -2.60. The molecular weight excluding hydrogens is 352 g/mol. The second kappa shape index (κ2) is 6.96. The van der Waals surface area contributed by atoms with Gasteiger partial charge in [0.15, 0.2) is 5.49 Å². The highest BCUT2D eigenvalue weighted by Gasteiger charge is 2.24. The van der Waals surface area contributed by atoms with E-state index in [0.717, 1.165) is 18.4 Å². The third-order valence-corrected chi connectivity index (χ3v) is 5.09. The first-order chi connectivity index (χ1) is 12.6. The molecule has 26 heavy (non-hydrogen) atoms. The van der Waals surface area contributed by atoms with Gasteiger partial charge in [-0.2, -0.15) is 9.98 Å². The topological polar surface area (TPSA) is 84.3 Å². The maximum absolute atomic E-state index is 12.5. The SMILES string of the molecule is O=C1CCC(Nc2ncc3c(n2)=NC(=O)C(c2ccccc2Cl)C=3)CC1. The fourth-order valence-electron chi connectivity index (χ4n) is 3.30. The van der Waals surface area contributed by atoms with Crippen molar-refractivity contribution in [1.82, 2.24) is 9.97 Å². The molecule has 1 saturated carbocycles. The number of nitrogens with one attached hydrogen (secondary N) is 1. The van der Waals surface area contributed by atoms with Crippen molar-refractivity contribution in [2.45, 2.75) is 37.6 Å². The van der Waals surface area contributed by atoms with Crippen molar-refractivity contribution in [3.05, 3.63) is 51.8 Å². The summed E-state index contributed by atoms with van der Waals surface area (Å²) in [6.07, 6.45) is 6.18. The Kier molecular flexibility index (Phi) is 4.51. The Morgan fingerprint density at radius 2 is 1.88 bits per heavy atom. The summed E-state index contributed by atoms with van der Waals surface area (Å²) in [5.41, 5.74) is 1.09. The van der Waals surface area contributed by atoms with Crippen molar-refractivity contribution in [3.8, 4) is 0 Å². The van der Waals surface area contributed by atoms with Crippen LogP contribution in [-0.4, -0.2) is 27.7 Å². The third kappa shape index (κ3) is 3.37. The number of halogens is 1. The first kappa shape index (κ1) is 16.8. The van der Waals surface area contributed by atoms with Crippen LogP contribution >= 0.6 is 11.6 Å².